The molecular weight excluding hydrogens is 562 g/mol. The number of benzene rings is 4. The molecule has 0 radical (unpaired) electrons. The molecule has 0 N–H and O–H groups in total. The predicted molar refractivity (Wildman–Crippen MR) is 183 cm³/mol. The van der Waals surface area contributed by atoms with Crippen LogP contribution >= 0.6 is 16.3 Å². The fourth-order valence-corrected chi connectivity index (χ4v) is 12.3. The molecule has 4 aromatic rings. The summed E-state index contributed by atoms with van der Waals surface area (Å²) in [6.45, 7) is 4.35. The second kappa shape index (κ2) is 12.5. The molecule has 214 valence electrons. The Labute approximate surface area is 258 Å². The minimum atomic E-state index is -1.11. The molecule has 2 heterocycles. The van der Waals surface area contributed by atoms with Gasteiger partial charge in [-0.2, -0.15) is 0 Å². The number of hydrogen-bond acceptors (Lipinski definition) is 2. The van der Waals surface area contributed by atoms with E-state index >= 15 is 0 Å². The van der Waals surface area contributed by atoms with Crippen molar-refractivity contribution in [2.45, 2.75) is 44.4 Å². The summed E-state index contributed by atoms with van der Waals surface area (Å²) in [7, 11) is -2.18. The highest BCUT2D eigenvalue weighted by molar-refractivity contribution is 7.64. The van der Waals surface area contributed by atoms with E-state index in [2.05, 4.69) is 147 Å². The zero-order valence-electron chi connectivity index (χ0n) is 24.7. The van der Waals surface area contributed by atoms with Crippen LogP contribution in [0.15, 0.2) is 156 Å². The van der Waals surface area contributed by atoms with E-state index in [1.165, 1.54) is 44.0 Å². The lowest BCUT2D eigenvalue weighted by atomic mass is 9.94. The predicted octanol–water partition coefficient (Wildman–Crippen LogP) is 11.5. The standard InChI is InChI=1S/C39H36O2P2/c1-3-17-34-30(4-2)32-23-12-15-26-36(32)42(40-34)38(28-18-7-5-8-19-28)39(29-20-9-6-10-21-29)43-37-27-16-13-24-33(37)31-22-11-14-25-35(31)41-43/h3,5-11,13-22,24-27,38-39H,4,12,23H2,1-2H3/b17-3-. The molecular formula is C39H36O2P2. The average Bonchev–Trinajstić information content (AvgIpc) is 3.07. The van der Waals surface area contributed by atoms with Gasteiger partial charge in [-0.15, -0.1) is 0 Å². The van der Waals surface area contributed by atoms with Crippen LogP contribution in [0.25, 0.3) is 11.1 Å². The second-order valence-electron chi connectivity index (χ2n) is 11.1. The molecule has 0 fully saturated rings. The highest BCUT2D eigenvalue weighted by Crippen LogP contribution is 2.74. The van der Waals surface area contributed by atoms with Crippen LogP contribution < -0.4 is 9.83 Å². The Bertz CT molecular complexity index is 1740. The lowest BCUT2D eigenvalue weighted by molar-refractivity contribution is 0.469. The Morgan fingerprint density at radius 1 is 0.721 bits per heavy atom. The van der Waals surface area contributed by atoms with Gasteiger partial charge in [0.1, 0.15) is 27.8 Å². The molecule has 43 heavy (non-hydrogen) atoms. The smallest absolute Gasteiger partial charge is 0.131 e. The highest BCUT2D eigenvalue weighted by Gasteiger charge is 2.46. The third kappa shape index (κ3) is 5.22. The summed E-state index contributed by atoms with van der Waals surface area (Å²) in [4.78, 5) is 0. The zero-order chi connectivity index (χ0) is 29.2. The maximum Gasteiger partial charge on any atom is 0.131 e. The van der Waals surface area contributed by atoms with Crippen molar-refractivity contribution in [3.8, 4) is 16.9 Å². The quantitative estimate of drug-likeness (QED) is 0.197. The summed E-state index contributed by atoms with van der Waals surface area (Å²) >= 11 is 0. The number of hydrogen-bond donors (Lipinski definition) is 0. The minimum absolute atomic E-state index is 0.0679. The lowest BCUT2D eigenvalue weighted by Crippen LogP contribution is -2.23. The monoisotopic (exact) mass is 598 g/mol. The van der Waals surface area contributed by atoms with Crippen molar-refractivity contribution in [1.82, 2.24) is 0 Å². The van der Waals surface area contributed by atoms with E-state index in [-0.39, 0.29) is 11.3 Å². The molecule has 0 saturated carbocycles. The van der Waals surface area contributed by atoms with Crippen molar-refractivity contribution >= 4 is 21.6 Å². The van der Waals surface area contributed by atoms with E-state index in [0.29, 0.717) is 0 Å². The summed E-state index contributed by atoms with van der Waals surface area (Å²) in [6.07, 6.45) is 12.1. The van der Waals surface area contributed by atoms with Crippen LogP contribution in [-0.2, 0) is 4.52 Å². The van der Waals surface area contributed by atoms with Crippen molar-refractivity contribution < 1.29 is 9.05 Å². The first-order valence-electron chi connectivity index (χ1n) is 15.3. The SMILES string of the molecule is C/C=C\C1=C(CC)C2=C(C=CCC2)P(C(c2ccccc2)C(c2ccccc2)P2Oc3ccccc3-c3ccccc32)O1. The van der Waals surface area contributed by atoms with E-state index in [1.807, 2.05) is 0 Å². The third-order valence-electron chi connectivity index (χ3n) is 8.52. The van der Waals surface area contributed by atoms with E-state index in [0.717, 1.165) is 30.8 Å². The van der Waals surface area contributed by atoms with Gasteiger partial charge in [0.15, 0.2) is 0 Å². The van der Waals surface area contributed by atoms with Gasteiger partial charge in [-0.3, -0.25) is 0 Å². The maximum absolute atomic E-state index is 7.27. The second-order valence-corrected chi connectivity index (χ2v) is 14.8. The van der Waals surface area contributed by atoms with Crippen LogP contribution in [0.4, 0.5) is 0 Å². The third-order valence-corrected chi connectivity index (χ3v) is 13.5. The molecule has 2 nitrogen and oxygen atoms in total. The van der Waals surface area contributed by atoms with Crippen LogP contribution in [0.5, 0.6) is 5.75 Å². The zero-order valence-corrected chi connectivity index (χ0v) is 26.5. The molecule has 0 aromatic heterocycles. The van der Waals surface area contributed by atoms with Crippen molar-refractivity contribution in [2.24, 2.45) is 0 Å². The van der Waals surface area contributed by atoms with Crippen molar-refractivity contribution in [3.63, 3.8) is 0 Å². The van der Waals surface area contributed by atoms with Gasteiger partial charge >= 0.3 is 0 Å². The lowest BCUT2D eigenvalue weighted by Gasteiger charge is -2.43. The molecule has 2 aliphatic heterocycles. The molecule has 7 rings (SSSR count). The average molecular weight is 599 g/mol. The summed E-state index contributed by atoms with van der Waals surface area (Å²) in [5, 5.41) is 2.69. The molecule has 0 saturated heterocycles. The molecule has 4 atom stereocenters. The fourth-order valence-electron chi connectivity index (χ4n) is 6.62. The number of rotatable bonds is 7. The van der Waals surface area contributed by atoms with Crippen LogP contribution in [0.3, 0.4) is 0 Å². The molecule has 0 bridgehead atoms. The van der Waals surface area contributed by atoms with Crippen molar-refractivity contribution in [3.05, 3.63) is 167 Å². The summed E-state index contributed by atoms with van der Waals surface area (Å²) in [5.74, 6) is 2.01. The van der Waals surface area contributed by atoms with Gasteiger partial charge in [0.05, 0.1) is 11.3 Å². The number of para-hydroxylation sites is 1. The van der Waals surface area contributed by atoms with Gasteiger partial charge in [0.2, 0.25) is 0 Å². The van der Waals surface area contributed by atoms with Crippen LogP contribution in [0.1, 0.15) is 55.6 Å². The number of allylic oxidation sites excluding steroid dienone is 7. The Hall–Kier alpha value is -3.70. The molecule has 4 heteroatoms. The Morgan fingerprint density at radius 2 is 1.35 bits per heavy atom. The molecule has 0 spiro atoms. The van der Waals surface area contributed by atoms with Gasteiger partial charge in [-0.05, 0) is 66.2 Å². The van der Waals surface area contributed by atoms with Gasteiger partial charge in [-0.1, -0.05) is 128 Å². The van der Waals surface area contributed by atoms with E-state index in [4.69, 9.17) is 9.05 Å². The molecule has 3 aliphatic rings. The Morgan fingerprint density at radius 3 is 2.05 bits per heavy atom. The van der Waals surface area contributed by atoms with Gasteiger partial charge in [0.25, 0.3) is 0 Å². The topological polar surface area (TPSA) is 18.5 Å². The molecule has 0 amide bonds. The van der Waals surface area contributed by atoms with Gasteiger partial charge in [0, 0.05) is 16.2 Å². The van der Waals surface area contributed by atoms with Crippen LogP contribution in [0, 0.1) is 0 Å². The summed E-state index contributed by atoms with van der Waals surface area (Å²) in [6, 6.07) is 39.5. The van der Waals surface area contributed by atoms with E-state index in [1.54, 1.807) is 0 Å². The van der Waals surface area contributed by atoms with E-state index < -0.39 is 16.3 Å². The summed E-state index contributed by atoms with van der Waals surface area (Å²) < 4.78 is 14.5. The minimum Gasteiger partial charge on any atom is -0.468 e. The number of fused-ring (bicyclic) bond motifs is 3. The molecule has 4 aromatic carbocycles. The normalized spacial score (nSPS) is 20.5. The van der Waals surface area contributed by atoms with Gasteiger partial charge < -0.3 is 9.05 Å². The van der Waals surface area contributed by atoms with Gasteiger partial charge in [-0.25, -0.2) is 0 Å². The van der Waals surface area contributed by atoms with Crippen molar-refractivity contribution in [2.75, 3.05) is 0 Å². The maximum atomic E-state index is 7.27. The first-order chi connectivity index (χ1) is 21.3. The Balaban J connectivity index is 1.47. The Kier molecular flexibility index (Phi) is 8.16. The van der Waals surface area contributed by atoms with Crippen LogP contribution in [-0.4, -0.2) is 0 Å². The fraction of sp³-hybridized carbons (Fsp3) is 0.179. The first-order valence-corrected chi connectivity index (χ1v) is 17.9. The molecule has 1 aliphatic carbocycles. The van der Waals surface area contributed by atoms with Crippen molar-refractivity contribution in [1.29, 1.82) is 0 Å². The summed E-state index contributed by atoms with van der Waals surface area (Å²) in [5.41, 5.74) is 8.04. The highest BCUT2D eigenvalue weighted by atomic mass is 31.1. The van der Waals surface area contributed by atoms with Crippen LogP contribution in [0.2, 0.25) is 0 Å². The largest absolute Gasteiger partial charge is 0.468 e. The van der Waals surface area contributed by atoms with E-state index in [9.17, 15) is 0 Å². The first kappa shape index (κ1) is 28.1. The molecule has 4 unspecified atom stereocenters.